The number of hydrogen-bond acceptors (Lipinski definition) is 3. The number of hydrogen-bond donors (Lipinski definition) is 1. The lowest BCUT2D eigenvalue weighted by atomic mass is 9.97. The average molecular weight is 163 g/mol. The molecule has 1 radical (unpaired) electrons. The minimum atomic E-state index is -0.530. The highest BCUT2D eigenvalue weighted by atomic mass is 16.3. The fourth-order valence-corrected chi connectivity index (χ4v) is 1.43. The van der Waals surface area contributed by atoms with Crippen molar-refractivity contribution in [2.24, 2.45) is 0 Å². The molecule has 0 aliphatic carbocycles. The molecule has 1 saturated heterocycles. The molecule has 2 heterocycles. The second-order valence-electron chi connectivity index (χ2n) is 3.47. The number of aromatic nitrogens is 1. The molecule has 0 spiro atoms. The Morgan fingerprint density at radius 2 is 2.42 bits per heavy atom. The van der Waals surface area contributed by atoms with Gasteiger partial charge < -0.3 is 10.0 Å². The van der Waals surface area contributed by atoms with Gasteiger partial charge in [-0.25, -0.2) is 4.98 Å². The molecule has 0 amide bonds. The van der Waals surface area contributed by atoms with Crippen LogP contribution in [0, 0.1) is 6.07 Å². The van der Waals surface area contributed by atoms with Crippen LogP contribution < -0.4 is 4.90 Å². The summed E-state index contributed by atoms with van der Waals surface area (Å²) in [5.74, 6) is 0.893. The van der Waals surface area contributed by atoms with Crippen molar-refractivity contribution in [1.29, 1.82) is 0 Å². The molecule has 3 heteroatoms. The quantitative estimate of drug-likeness (QED) is 0.653. The van der Waals surface area contributed by atoms with Crippen molar-refractivity contribution >= 4 is 5.82 Å². The number of pyridine rings is 1. The van der Waals surface area contributed by atoms with E-state index in [1.807, 2.05) is 17.9 Å². The van der Waals surface area contributed by atoms with Gasteiger partial charge in [0.1, 0.15) is 5.82 Å². The van der Waals surface area contributed by atoms with Gasteiger partial charge >= 0.3 is 0 Å². The summed E-state index contributed by atoms with van der Waals surface area (Å²) >= 11 is 0. The van der Waals surface area contributed by atoms with Crippen LogP contribution in [0.2, 0.25) is 0 Å². The molecule has 1 fully saturated rings. The average Bonchev–Trinajstić information content (AvgIpc) is 2.02. The van der Waals surface area contributed by atoms with Crippen molar-refractivity contribution in [2.75, 3.05) is 18.0 Å². The Balaban J connectivity index is 2.06. The predicted octanol–water partition coefficient (Wildman–Crippen LogP) is 0.453. The third-order valence-corrected chi connectivity index (χ3v) is 1.98. The summed E-state index contributed by atoms with van der Waals surface area (Å²) in [6, 6.07) is 6.55. The van der Waals surface area contributed by atoms with Crippen LogP contribution in [0.25, 0.3) is 0 Å². The maximum absolute atomic E-state index is 9.47. The summed E-state index contributed by atoms with van der Waals surface area (Å²) in [6.45, 7) is 3.16. The summed E-state index contributed by atoms with van der Waals surface area (Å²) in [5, 5.41) is 9.47. The first kappa shape index (κ1) is 7.55. The second kappa shape index (κ2) is 2.45. The van der Waals surface area contributed by atoms with E-state index in [4.69, 9.17) is 0 Å². The van der Waals surface area contributed by atoms with Crippen LogP contribution in [0.3, 0.4) is 0 Å². The highest BCUT2D eigenvalue weighted by Crippen LogP contribution is 2.24. The Kier molecular flexibility index (Phi) is 1.54. The Labute approximate surface area is 71.7 Å². The van der Waals surface area contributed by atoms with E-state index in [1.54, 1.807) is 12.3 Å². The fraction of sp³-hybridized carbons (Fsp3) is 0.444. The maximum Gasteiger partial charge on any atom is 0.129 e. The van der Waals surface area contributed by atoms with Gasteiger partial charge in [-0.1, -0.05) is 0 Å². The number of aliphatic hydroxyl groups is 1. The van der Waals surface area contributed by atoms with Crippen LogP contribution in [-0.4, -0.2) is 28.8 Å². The highest BCUT2D eigenvalue weighted by molar-refractivity contribution is 5.42. The maximum atomic E-state index is 9.47. The zero-order chi connectivity index (χ0) is 8.60. The number of anilines is 1. The standard InChI is InChI=1S/C9H11N2O/c1-9(12)6-11(7-9)8-4-2-3-5-10-8/h3-5,12H,6-7H2,1H3. The Morgan fingerprint density at radius 3 is 2.92 bits per heavy atom. The lowest BCUT2D eigenvalue weighted by molar-refractivity contribution is 0.0305. The molecule has 1 aliphatic rings. The van der Waals surface area contributed by atoms with Crippen molar-refractivity contribution in [3.05, 3.63) is 24.4 Å². The molecule has 1 N–H and O–H groups in total. The van der Waals surface area contributed by atoms with Gasteiger partial charge in [0.15, 0.2) is 0 Å². The molecular weight excluding hydrogens is 152 g/mol. The van der Waals surface area contributed by atoms with Gasteiger partial charge in [0.2, 0.25) is 0 Å². The minimum absolute atomic E-state index is 0.530. The summed E-state index contributed by atoms with van der Waals surface area (Å²) in [7, 11) is 0. The van der Waals surface area contributed by atoms with Gasteiger partial charge in [-0.05, 0) is 25.1 Å². The predicted molar refractivity (Wildman–Crippen MR) is 45.9 cm³/mol. The zero-order valence-electron chi connectivity index (χ0n) is 6.99. The monoisotopic (exact) mass is 163 g/mol. The molecule has 63 valence electrons. The Morgan fingerprint density at radius 1 is 1.67 bits per heavy atom. The van der Waals surface area contributed by atoms with Crippen molar-refractivity contribution < 1.29 is 5.11 Å². The van der Waals surface area contributed by atoms with E-state index in [0.29, 0.717) is 13.1 Å². The van der Waals surface area contributed by atoms with Gasteiger partial charge in [-0.3, -0.25) is 0 Å². The van der Waals surface area contributed by atoms with Crippen molar-refractivity contribution in [3.63, 3.8) is 0 Å². The smallest absolute Gasteiger partial charge is 0.129 e. The second-order valence-corrected chi connectivity index (χ2v) is 3.47. The van der Waals surface area contributed by atoms with Gasteiger partial charge in [0.05, 0.1) is 5.60 Å². The molecule has 1 aliphatic heterocycles. The zero-order valence-corrected chi connectivity index (χ0v) is 6.99. The molecule has 1 aromatic rings. The molecule has 0 aromatic carbocycles. The summed E-state index contributed by atoms with van der Waals surface area (Å²) < 4.78 is 0. The van der Waals surface area contributed by atoms with Gasteiger partial charge in [-0.15, -0.1) is 0 Å². The summed E-state index contributed by atoms with van der Waals surface area (Å²) in [4.78, 5) is 6.17. The third-order valence-electron chi connectivity index (χ3n) is 1.98. The van der Waals surface area contributed by atoms with Crippen LogP contribution in [0.1, 0.15) is 6.92 Å². The molecule has 1 aromatic heterocycles. The SMILES string of the molecule is CC1(O)CN(c2c[c]ccn2)C1. The first-order valence-corrected chi connectivity index (χ1v) is 3.97. The minimum Gasteiger partial charge on any atom is -0.386 e. The first-order valence-electron chi connectivity index (χ1n) is 3.97. The topological polar surface area (TPSA) is 36.4 Å². The van der Waals surface area contributed by atoms with Crippen molar-refractivity contribution in [3.8, 4) is 0 Å². The van der Waals surface area contributed by atoms with Crippen LogP contribution in [0.15, 0.2) is 18.3 Å². The van der Waals surface area contributed by atoms with Gasteiger partial charge in [0.25, 0.3) is 0 Å². The highest BCUT2D eigenvalue weighted by Gasteiger charge is 2.36. The Hall–Kier alpha value is -1.09. The van der Waals surface area contributed by atoms with E-state index in [9.17, 15) is 5.11 Å². The van der Waals surface area contributed by atoms with E-state index in [1.165, 1.54) is 0 Å². The summed E-state index contributed by atoms with van der Waals surface area (Å²) in [5.41, 5.74) is -0.530. The van der Waals surface area contributed by atoms with E-state index in [0.717, 1.165) is 5.82 Å². The van der Waals surface area contributed by atoms with Crippen LogP contribution in [-0.2, 0) is 0 Å². The molecule has 12 heavy (non-hydrogen) atoms. The molecular formula is C9H11N2O. The van der Waals surface area contributed by atoms with Crippen LogP contribution in [0.5, 0.6) is 0 Å². The number of β-amino-alcohol motifs (C(OH)–C–C–N with tert-alkyl or cyclic N) is 1. The molecule has 0 unspecified atom stereocenters. The van der Waals surface area contributed by atoms with Crippen molar-refractivity contribution in [1.82, 2.24) is 4.98 Å². The number of nitrogens with zero attached hydrogens (tertiary/aromatic N) is 2. The van der Waals surface area contributed by atoms with Gasteiger partial charge in [-0.2, -0.15) is 0 Å². The molecule has 0 bridgehead atoms. The molecule has 0 atom stereocenters. The molecule has 3 nitrogen and oxygen atoms in total. The number of rotatable bonds is 1. The van der Waals surface area contributed by atoms with E-state index >= 15 is 0 Å². The summed E-state index contributed by atoms with van der Waals surface area (Å²) in [6.07, 6.45) is 1.71. The van der Waals surface area contributed by atoms with Gasteiger partial charge in [0, 0.05) is 19.3 Å². The Bertz CT molecular complexity index is 263. The molecule has 2 rings (SSSR count). The van der Waals surface area contributed by atoms with Crippen LogP contribution >= 0.6 is 0 Å². The van der Waals surface area contributed by atoms with Crippen molar-refractivity contribution in [2.45, 2.75) is 12.5 Å². The lowest BCUT2D eigenvalue weighted by Crippen LogP contribution is -2.60. The van der Waals surface area contributed by atoms with E-state index in [-0.39, 0.29) is 0 Å². The van der Waals surface area contributed by atoms with E-state index < -0.39 is 5.60 Å². The normalized spacial score (nSPS) is 20.3. The largest absolute Gasteiger partial charge is 0.386 e. The lowest BCUT2D eigenvalue weighted by Gasteiger charge is -2.44. The first-order chi connectivity index (χ1) is 5.67. The molecule has 0 saturated carbocycles. The van der Waals surface area contributed by atoms with E-state index in [2.05, 4.69) is 11.1 Å². The van der Waals surface area contributed by atoms with Crippen LogP contribution in [0.4, 0.5) is 5.82 Å². The fourth-order valence-electron chi connectivity index (χ4n) is 1.43. The third kappa shape index (κ3) is 1.28.